The van der Waals surface area contributed by atoms with Crippen molar-refractivity contribution in [3.05, 3.63) is 71.4 Å². The van der Waals surface area contributed by atoms with Crippen molar-refractivity contribution in [1.82, 2.24) is 4.98 Å². The predicted octanol–water partition coefficient (Wildman–Crippen LogP) is 5.60. The van der Waals surface area contributed by atoms with Crippen molar-refractivity contribution in [2.45, 2.75) is 19.3 Å². The first-order valence-corrected chi connectivity index (χ1v) is 10.8. The molecule has 0 fully saturated rings. The highest BCUT2D eigenvalue weighted by Gasteiger charge is 2.35. The topological polar surface area (TPSA) is 73.4 Å². The highest BCUT2D eigenvalue weighted by molar-refractivity contribution is 6.19. The van der Waals surface area contributed by atoms with Crippen molar-refractivity contribution in [1.29, 1.82) is 0 Å². The number of nitrogens with zero attached hydrogens (tertiary/aromatic N) is 1. The van der Waals surface area contributed by atoms with E-state index in [0.717, 1.165) is 27.2 Å². The van der Waals surface area contributed by atoms with Crippen molar-refractivity contribution < 1.29 is 14.7 Å². The van der Waals surface area contributed by atoms with Gasteiger partial charge < -0.3 is 15.0 Å². The van der Waals surface area contributed by atoms with Crippen molar-refractivity contribution in [2.75, 3.05) is 17.3 Å². The van der Waals surface area contributed by atoms with E-state index in [4.69, 9.17) is 11.6 Å². The van der Waals surface area contributed by atoms with Gasteiger partial charge in [0.2, 0.25) is 0 Å². The number of H-pyrrole nitrogens is 1. The van der Waals surface area contributed by atoms with Crippen LogP contribution in [0.1, 0.15) is 45.7 Å². The largest absolute Gasteiger partial charge is 0.507 e. The molecule has 0 aliphatic carbocycles. The number of aromatic nitrogens is 1. The molecule has 1 atom stereocenters. The van der Waals surface area contributed by atoms with Gasteiger partial charge >= 0.3 is 0 Å². The van der Waals surface area contributed by atoms with Gasteiger partial charge in [0, 0.05) is 52.7 Å². The Hall–Kier alpha value is -3.31. The fraction of sp³-hybridized carbons (Fsp3) is 0.200. The molecule has 1 aliphatic heterocycles. The molecular formula is C25H21ClN2O3. The molecule has 156 valence electrons. The van der Waals surface area contributed by atoms with Gasteiger partial charge in [-0.25, -0.2) is 0 Å². The Morgan fingerprint density at radius 3 is 2.65 bits per heavy atom. The maximum absolute atomic E-state index is 13.5. The zero-order valence-electron chi connectivity index (χ0n) is 17.0. The van der Waals surface area contributed by atoms with E-state index in [0.29, 0.717) is 35.8 Å². The fourth-order valence-electron chi connectivity index (χ4n) is 4.52. The van der Waals surface area contributed by atoms with E-state index in [9.17, 15) is 14.7 Å². The standard InChI is InChI=1S/C25H21ClN2O3/c1-2-22(29)14-7-8-19-15(9-14)10-20(27-19)25(31)28-13-16(12-26)24-18-6-4-3-5-17(18)23(30)11-21(24)28/h3-11,16,27,30H,2,12-13H2,1H3/t16-/m1/s1. The third-order valence-corrected chi connectivity index (χ3v) is 6.44. The summed E-state index contributed by atoms with van der Waals surface area (Å²) >= 11 is 6.28. The number of aromatic hydroxyl groups is 1. The minimum absolute atomic E-state index is 0.0238. The summed E-state index contributed by atoms with van der Waals surface area (Å²) in [6, 6.07) is 16.5. The summed E-state index contributed by atoms with van der Waals surface area (Å²) in [6.07, 6.45) is 0.434. The first kappa shape index (κ1) is 19.6. The highest BCUT2D eigenvalue weighted by atomic mass is 35.5. The SMILES string of the molecule is CCC(=O)c1ccc2[nH]c(C(=O)N3C[C@@H](CCl)c4c3cc(O)c3ccccc43)cc2c1. The second-order valence-corrected chi connectivity index (χ2v) is 8.21. The Morgan fingerprint density at radius 2 is 1.90 bits per heavy atom. The number of fused-ring (bicyclic) bond motifs is 4. The minimum Gasteiger partial charge on any atom is -0.507 e. The van der Waals surface area contributed by atoms with Gasteiger partial charge in [-0.3, -0.25) is 9.59 Å². The van der Waals surface area contributed by atoms with Crippen LogP contribution in [0.4, 0.5) is 5.69 Å². The number of halogens is 1. The minimum atomic E-state index is -0.192. The number of hydrogen-bond acceptors (Lipinski definition) is 3. The molecule has 0 saturated heterocycles. The van der Waals surface area contributed by atoms with Crippen LogP contribution in [0.25, 0.3) is 21.7 Å². The van der Waals surface area contributed by atoms with Gasteiger partial charge in [-0.1, -0.05) is 31.2 Å². The van der Waals surface area contributed by atoms with E-state index in [1.807, 2.05) is 43.3 Å². The van der Waals surface area contributed by atoms with Crippen molar-refractivity contribution in [2.24, 2.45) is 0 Å². The molecule has 0 radical (unpaired) electrons. The van der Waals surface area contributed by atoms with Crippen LogP contribution in [-0.2, 0) is 0 Å². The van der Waals surface area contributed by atoms with Crippen molar-refractivity contribution >= 4 is 50.7 Å². The lowest BCUT2D eigenvalue weighted by atomic mass is 9.95. The number of benzene rings is 3. The smallest absolute Gasteiger partial charge is 0.274 e. The number of phenols is 1. The lowest BCUT2D eigenvalue weighted by molar-refractivity contribution is 0.0978. The summed E-state index contributed by atoms with van der Waals surface area (Å²) in [5, 5.41) is 13.1. The van der Waals surface area contributed by atoms with E-state index >= 15 is 0 Å². The molecule has 0 bridgehead atoms. The van der Waals surface area contributed by atoms with Crippen LogP contribution in [0.15, 0.2) is 54.6 Å². The maximum Gasteiger partial charge on any atom is 0.274 e. The summed E-state index contributed by atoms with van der Waals surface area (Å²) in [7, 11) is 0. The molecule has 1 aliphatic rings. The Morgan fingerprint density at radius 1 is 1.13 bits per heavy atom. The molecule has 0 spiro atoms. The quantitative estimate of drug-likeness (QED) is 0.325. The summed E-state index contributed by atoms with van der Waals surface area (Å²) in [5.41, 5.74) is 3.55. The Bertz CT molecular complexity index is 1360. The van der Waals surface area contributed by atoms with Gasteiger partial charge in [0.05, 0.1) is 5.69 Å². The lowest BCUT2D eigenvalue weighted by Crippen LogP contribution is -2.30. The van der Waals surface area contributed by atoms with Crippen LogP contribution in [0.5, 0.6) is 5.75 Å². The number of alkyl halides is 1. The molecule has 0 unspecified atom stereocenters. The molecule has 4 aromatic rings. The number of phenolic OH excluding ortho intramolecular Hbond substituents is 1. The molecule has 1 aromatic heterocycles. The number of rotatable bonds is 4. The molecule has 5 nitrogen and oxygen atoms in total. The molecule has 2 N–H and O–H groups in total. The summed E-state index contributed by atoms with van der Waals surface area (Å²) < 4.78 is 0. The number of Topliss-reactive ketones (excluding diaryl/α,β-unsaturated/α-hetero) is 1. The van der Waals surface area contributed by atoms with E-state index in [1.54, 1.807) is 23.1 Å². The van der Waals surface area contributed by atoms with Gasteiger partial charge in [0.15, 0.2) is 5.78 Å². The van der Waals surface area contributed by atoms with E-state index < -0.39 is 0 Å². The lowest BCUT2D eigenvalue weighted by Gasteiger charge is -2.17. The number of hydrogen-bond donors (Lipinski definition) is 2. The average Bonchev–Trinajstić information content (AvgIpc) is 3.39. The number of ketones is 1. The molecule has 2 heterocycles. The normalized spacial score (nSPS) is 15.5. The van der Waals surface area contributed by atoms with Gasteiger partial charge in [-0.05, 0) is 35.2 Å². The van der Waals surface area contributed by atoms with Crippen molar-refractivity contribution in [3.8, 4) is 5.75 Å². The maximum atomic E-state index is 13.5. The molecular weight excluding hydrogens is 412 g/mol. The third-order valence-electron chi connectivity index (χ3n) is 6.07. The van der Waals surface area contributed by atoms with Crippen LogP contribution in [0.3, 0.4) is 0 Å². The predicted molar refractivity (Wildman–Crippen MR) is 124 cm³/mol. The molecule has 31 heavy (non-hydrogen) atoms. The van der Waals surface area contributed by atoms with Gasteiger partial charge in [-0.15, -0.1) is 11.6 Å². The molecule has 0 saturated carbocycles. The fourth-order valence-corrected chi connectivity index (χ4v) is 4.77. The average molecular weight is 433 g/mol. The van der Waals surface area contributed by atoms with Gasteiger partial charge in [0.25, 0.3) is 5.91 Å². The van der Waals surface area contributed by atoms with E-state index in [-0.39, 0.29) is 23.4 Å². The Labute approximate surface area is 184 Å². The number of aromatic amines is 1. The van der Waals surface area contributed by atoms with Crippen LogP contribution in [0.2, 0.25) is 0 Å². The number of carbonyl (C=O) groups excluding carboxylic acids is 2. The van der Waals surface area contributed by atoms with Crippen LogP contribution in [0, 0.1) is 0 Å². The number of nitrogens with one attached hydrogen (secondary N) is 1. The molecule has 6 heteroatoms. The molecule has 5 rings (SSSR count). The number of amides is 1. The Balaban J connectivity index is 1.59. The summed E-state index contributed by atoms with van der Waals surface area (Å²) in [6.45, 7) is 2.27. The second-order valence-electron chi connectivity index (χ2n) is 7.90. The highest BCUT2D eigenvalue weighted by Crippen LogP contribution is 2.45. The van der Waals surface area contributed by atoms with Gasteiger partial charge in [-0.2, -0.15) is 0 Å². The summed E-state index contributed by atoms with van der Waals surface area (Å²) in [4.78, 5) is 30.3. The van der Waals surface area contributed by atoms with E-state index in [1.165, 1.54) is 0 Å². The molecule has 3 aromatic carbocycles. The zero-order valence-corrected chi connectivity index (χ0v) is 17.7. The van der Waals surface area contributed by atoms with Crippen LogP contribution in [-0.4, -0.2) is 34.2 Å². The Kier molecular flexibility index (Phi) is 4.71. The number of carbonyl (C=O) groups is 2. The first-order valence-electron chi connectivity index (χ1n) is 10.3. The third kappa shape index (κ3) is 3.08. The van der Waals surface area contributed by atoms with Crippen molar-refractivity contribution in [3.63, 3.8) is 0 Å². The zero-order chi connectivity index (χ0) is 21.7. The van der Waals surface area contributed by atoms with Crippen LogP contribution < -0.4 is 4.90 Å². The second kappa shape index (κ2) is 7.43. The van der Waals surface area contributed by atoms with Gasteiger partial charge in [0.1, 0.15) is 11.4 Å². The number of anilines is 1. The van der Waals surface area contributed by atoms with E-state index in [2.05, 4.69) is 4.98 Å². The summed E-state index contributed by atoms with van der Waals surface area (Å²) in [5.74, 6) is 0.367. The first-order chi connectivity index (χ1) is 15.0. The molecule has 1 amide bonds. The van der Waals surface area contributed by atoms with Crippen LogP contribution >= 0.6 is 11.6 Å². The monoisotopic (exact) mass is 432 g/mol.